The SMILES string of the molecule is CCOC(CCCCCCO[Si])(OCC)OCC. The van der Waals surface area contributed by atoms with E-state index in [-0.39, 0.29) is 0 Å². The molecule has 0 aliphatic heterocycles. The van der Waals surface area contributed by atoms with Gasteiger partial charge in [-0.15, -0.1) is 0 Å². The first-order valence-corrected chi connectivity index (χ1v) is 7.35. The summed E-state index contributed by atoms with van der Waals surface area (Å²) >= 11 is 0. The van der Waals surface area contributed by atoms with Crippen LogP contribution in [0.4, 0.5) is 0 Å². The molecule has 0 aromatic rings. The molecule has 0 aromatic carbocycles. The van der Waals surface area contributed by atoms with E-state index < -0.39 is 5.97 Å². The van der Waals surface area contributed by atoms with Crippen molar-refractivity contribution in [2.45, 2.75) is 58.8 Å². The summed E-state index contributed by atoms with van der Waals surface area (Å²) < 4.78 is 21.8. The van der Waals surface area contributed by atoms with Gasteiger partial charge in [-0.05, 0) is 33.6 Å². The lowest BCUT2D eigenvalue weighted by Crippen LogP contribution is -2.39. The largest absolute Gasteiger partial charge is 0.419 e. The van der Waals surface area contributed by atoms with Gasteiger partial charge in [0.15, 0.2) is 0 Å². The fourth-order valence-electron chi connectivity index (χ4n) is 1.87. The van der Waals surface area contributed by atoms with Crippen LogP contribution in [-0.4, -0.2) is 42.9 Å². The van der Waals surface area contributed by atoms with Crippen LogP contribution in [0.15, 0.2) is 0 Å². The van der Waals surface area contributed by atoms with Gasteiger partial charge in [-0.25, -0.2) is 0 Å². The molecule has 0 heterocycles. The Hall–Kier alpha value is 0.0569. The van der Waals surface area contributed by atoms with E-state index in [1.165, 1.54) is 0 Å². The average Bonchev–Trinajstić information content (AvgIpc) is 2.35. The molecule has 0 aliphatic rings. The van der Waals surface area contributed by atoms with Gasteiger partial charge < -0.3 is 18.6 Å². The van der Waals surface area contributed by atoms with E-state index in [0.29, 0.717) is 19.8 Å². The maximum atomic E-state index is 5.66. The zero-order chi connectivity index (χ0) is 13.7. The summed E-state index contributed by atoms with van der Waals surface area (Å²) in [7, 11) is 3.00. The van der Waals surface area contributed by atoms with Crippen molar-refractivity contribution in [1.82, 2.24) is 0 Å². The molecule has 0 aliphatic carbocycles. The first-order chi connectivity index (χ1) is 8.74. The van der Waals surface area contributed by atoms with E-state index >= 15 is 0 Å². The number of hydrogen-bond acceptors (Lipinski definition) is 4. The molecule has 4 nitrogen and oxygen atoms in total. The highest BCUT2D eigenvalue weighted by Gasteiger charge is 2.31. The quantitative estimate of drug-likeness (QED) is 0.294. The van der Waals surface area contributed by atoms with E-state index in [4.69, 9.17) is 18.6 Å². The topological polar surface area (TPSA) is 36.9 Å². The Morgan fingerprint density at radius 1 is 0.778 bits per heavy atom. The van der Waals surface area contributed by atoms with Crippen LogP contribution in [0.5, 0.6) is 0 Å². The van der Waals surface area contributed by atoms with Crippen molar-refractivity contribution in [3.63, 3.8) is 0 Å². The monoisotopic (exact) mass is 275 g/mol. The maximum Gasteiger partial charge on any atom is 0.282 e. The summed E-state index contributed by atoms with van der Waals surface area (Å²) in [5, 5.41) is 0. The molecule has 0 saturated heterocycles. The fourth-order valence-corrected chi connectivity index (χ4v) is 2.01. The molecule has 0 spiro atoms. The van der Waals surface area contributed by atoms with Gasteiger partial charge in [0.25, 0.3) is 5.97 Å². The van der Waals surface area contributed by atoms with Crippen LogP contribution in [0, 0.1) is 0 Å². The third-order valence-electron chi connectivity index (χ3n) is 2.57. The summed E-state index contributed by atoms with van der Waals surface area (Å²) in [6.07, 6.45) is 5.14. The van der Waals surface area contributed by atoms with Gasteiger partial charge in [0.05, 0.1) is 0 Å². The minimum Gasteiger partial charge on any atom is -0.419 e. The lowest BCUT2D eigenvalue weighted by atomic mass is 10.1. The Kier molecular flexibility index (Phi) is 12.1. The molecule has 0 aromatic heterocycles. The number of unbranched alkanes of at least 4 members (excludes halogenated alkanes) is 3. The van der Waals surface area contributed by atoms with E-state index in [9.17, 15) is 0 Å². The van der Waals surface area contributed by atoms with Crippen LogP contribution in [0.25, 0.3) is 0 Å². The highest BCUT2D eigenvalue weighted by Crippen LogP contribution is 2.23. The van der Waals surface area contributed by atoms with E-state index in [1.807, 2.05) is 20.8 Å². The predicted octanol–water partition coefficient (Wildman–Crippen LogP) is 2.80. The van der Waals surface area contributed by atoms with Crippen molar-refractivity contribution < 1.29 is 18.6 Å². The first kappa shape index (κ1) is 18.1. The minimum atomic E-state index is -0.843. The lowest BCUT2D eigenvalue weighted by molar-refractivity contribution is -0.380. The summed E-state index contributed by atoms with van der Waals surface area (Å²) in [5.41, 5.74) is 0. The van der Waals surface area contributed by atoms with E-state index in [2.05, 4.69) is 10.5 Å². The molecule has 0 atom stereocenters. The van der Waals surface area contributed by atoms with Crippen LogP contribution >= 0.6 is 0 Å². The zero-order valence-corrected chi connectivity index (χ0v) is 13.0. The predicted molar refractivity (Wildman–Crippen MR) is 72.4 cm³/mol. The molecule has 0 fully saturated rings. The Bertz CT molecular complexity index is 161. The van der Waals surface area contributed by atoms with Crippen molar-refractivity contribution in [2.24, 2.45) is 0 Å². The van der Waals surface area contributed by atoms with Crippen molar-refractivity contribution in [1.29, 1.82) is 0 Å². The van der Waals surface area contributed by atoms with Gasteiger partial charge in [0.2, 0.25) is 10.5 Å². The smallest absolute Gasteiger partial charge is 0.282 e. The lowest BCUT2D eigenvalue weighted by Gasteiger charge is -2.32. The Balaban J connectivity index is 3.97. The average molecular weight is 275 g/mol. The molecular formula is C13H27O4Si. The van der Waals surface area contributed by atoms with Crippen molar-refractivity contribution in [3.8, 4) is 0 Å². The van der Waals surface area contributed by atoms with E-state index in [0.717, 1.165) is 38.7 Å². The molecule has 3 radical (unpaired) electrons. The number of ether oxygens (including phenoxy) is 3. The summed E-state index contributed by atoms with van der Waals surface area (Å²) in [4.78, 5) is 0. The molecule has 0 bridgehead atoms. The first-order valence-electron chi connectivity index (χ1n) is 6.95. The summed E-state index contributed by atoms with van der Waals surface area (Å²) in [6, 6.07) is 0. The van der Waals surface area contributed by atoms with Crippen LogP contribution in [0.1, 0.15) is 52.9 Å². The van der Waals surface area contributed by atoms with Gasteiger partial charge in [0.1, 0.15) is 0 Å². The van der Waals surface area contributed by atoms with Crippen LogP contribution in [0.3, 0.4) is 0 Å². The third kappa shape index (κ3) is 8.21. The Morgan fingerprint density at radius 2 is 1.28 bits per heavy atom. The highest BCUT2D eigenvalue weighted by molar-refractivity contribution is 5.97. The standard InChI is InChI=1S/C13H27O4Si/c1-4-14-13(15-5-2,16-6-3)11-9-7-8-10-12-17-18/h4-12H2,1-3H3. The molecule has 18 heavy (non-hydrogen) atoms. The van der Waals surface area contributed by atoms with Gasteiger partial charge in [-0.2, -0.15) is 0 Å². The summed E-state index contributed by atoms with van der Waals surface area (Å²) in [5.74, 6) is -0.843. The molecule has 0 amide bonds. The van der Waals surface area contributed by atoms with Crippen molar-refractivity contribution in [3.05, 3.63) is 0 Å². The Morgan fingerprint density at radius 3 is 1.72 bits per heavy atom. The third-order valence-corrected chi connectivity index (χ3v) is 2.78. The normalized spacial score (nSPS) is 12.0. The van der Waals surface area contributed by atoms with Gasteiger partial charge in [-0.3, -0.25) is 0 Å². The van der Waals surface area contributed by atoms with Crippen LogP contribution in [0.2, 0.25) is 0 Å². The molecule has 0 N–H and O–H groups in total. The Labute approximate surface area is 115 Å². The van der Waals surface area contributed by atoms with Gasteiger partial charge >= 0.3 is 0 Å². The van der Waals surface area contributed by atoms with Crippen LogP contribution < -0.4 is 0 Å². The van der Waals surface area contributed by atoms with Crippen LogP contribution in [-0.2, 0) is 18.6 Å². The number of hydrogen-bond donors (Lipinski definition) is 0. The van der Waals surface area contributed by atoms with Gasteiger partial charge in [-0.1, -0.05) is 12.8 Å². The zero-order valence-electron chi connectivity index (χ0n) is 12.0. The fraction of sp³-hybridized carbons (Fsp3) is 1.00. The summed E-state index contributed by atoms with van der Waals surface area (Å²) in [6.45, 7) is 8.41. The molecule has 0 rings (SSSR count). The minimum absolute atomic E-state index is 0.594. The maximum absolute atomic E-state index is 5.66. The second-order valence-corrected chi connectivity index (χ2v) is 4.28. The highest BCUT2D eigenvalue weighted by atomic mass is 28.2. The molecule has 0 unspecified atom stereocenters. The molecule has 107 valence electrons. The molecular weight excluding hydrogens is 248 g/mol. The van der Waals surface area contributed by atoms with E-state index in [1.54, 1.807) is 0 Å². The second kappa shape index (κ2) is 12.1. The van der Waals surface area contributed by atoms with Gasteiger partial charge in [0, 0.05) is 32.8 Å². The molecule has 5 heteroatoms. The van der Waals surface area contributed by atoms with Crippen molar-refractivity contribution >= 4 is 10.5 Å². The molecule has 0 saturated carbocycles. The van der Waals surface area contributed by atoms with Crippen molar-refractivity contribution in [2.75, 3.05) is 26.4 Å². The second-order valence-electron chi connectivity index (χ2n) is 3.99. The number of rotatable bonds is 13.